The molecule has 2 aliphatic heterocycles. The number of carbonyl (C=O) groups is 1. The summed E-state index contributed by atoms with van der Waals surface area (Å²) in [6.45, 7) is 1.50. The molecule has 2 aliphatic rings. The lowest BCUT2D eigenvalue weighted by Crippen LogP contribution is -2.44. The van der Waals surface area contributed by atoms with E-state index in [4.69, 9.17) is 0 Å². The second-order valence-corrected chi connectivity index (χ2v) is 10.6. The summed E-state index contributed by atoms with van der Waals surface area (Å²) in [7, 11) is -3.58. The van der Waals surface area contributed by atoms with Crippen LogP contribution in [0, 0.1) is 5.92 Å². The Bertz CT molecular complexity index is 1220. The van der Waals surface area contributed by atoms with Crippen LogP contribution < -0.4 is 0 Å². The Hall–Kier alpha value is -2.77. The van der Waals surface area contributed by atoms with Crippen molar-refractivity contribution in [1.29, 1.82) is 0 Å². The average Bonchev–Trinajstić information content (AvgIpc) is 3.34. The maximum absolute atomic E-state index is 13.3. The Morgan fingerprint density at radius 3 is 2.44 bits per heavy atom. The molecule has 1 atom stereocenters. The fourth-order valence-electron chi connectivity index (χ4n) is 5.00. The minimum atomic E-state index is -3.58. The second kappa shape index (κ2) is 8.64. The van der Waals surface area contributed by atoms with Crippen molar-refractivity contribution in [3.8, 4) is 0 Å². The fourth-order valence-corrected chi connectivity index (χ4v) is 6.51. The molecular weight excluding hydrogens is 422 g/mol. The molecule has 1 amide bonds. The molecule has 0 bridgehead atoms. The number of pyridine rings is 1. The number of carbonyl (C=O) groups excluding carboxylic acids is 1. The third-order valence-corrected chi connectivity index (χ3v) is 8.66. The van der Waals surface area contributed by atoms with E-state index >= 15 is 0 Å². The number of fused-ring (bicyclic) bond motifs is 1. The van der Waals surface area contributed by atoms with E-state index in [9.17, 15) is 13.2 Å². The van der Waals surface area contributed by atoms with Gasteiger partial charge in [0.15, 0.2) is 0 Å². The number of amides is 1. The molecule has 6 nitrogen and oxygen atoms in total. The van der Waals surface area contributed by atoms with Crippen LogP contribution in [0.1, 0.15) is 37.3 Å². The molecule has 0 spiro atoms. The highest BCUT2D eigenvalue weighted by atomic mass is 32.2. The van der Waals surface area contributed by atoms with Crippen LogP contribution in [0.4, 0.5) is 0 Å². The van der Waals surface area contributed by atoms with Crippen molar-refractivity contribution in [3.63, 3.8) is 0 Å². The predicted octanol–water partition coefficient (Wildman–Crippen LogP) is 4.00. The van der Waals surface area contributed by atoms with Gasteiger partial charge in [-0.05, 0) is 60.2 Å². The van der Waals surface area contributed by atoms with Crippen LogP contribution in [0.3, 0.4) is 0 Å². The van der Waals surface area contributed by atoms with Crippen LogP contribution in [0.5, 0.6) is 0 Å². The van der Waals surface area contributed by atoms with E-state index in [-0.39, 0.29) is 17.9 Å². The fraction of sp³-hybridized carbons (Fsp3) is 0.360. The number of aromatic nitrogens is 1. The first-order valence-electron chi connectivity index (χ1n) is 11.2. The van der Waals surface area contributed by atoms with Crippen molar-refractivity contribution in [2.75, 3.05) is 19.6 Å². The Labute approximate surface area is 188 Å². The number of nitrogens with zero attached hydrogens (tertiary/aromatic N) is 3. The van der Waals surface area contributed by atoms with Gasteiger partial charge >= 0.3 is 0 Å². The topological polar surface area (TPSA) is 70.6 Å². The molecule has 166 valence electrons. The van der Waals surface area contributed by atoms with Gasteiger partial charge in [-0.1, -0.05) is 36.4 Å². The first-order chi connectivity index (χ1) is 15.5. The van der Waals surface area contributed by atoms with Crippen LogP contribution in [0.2, 0.25) is 0 Å². The molecule has 0 radical (unpaired) electrons. The van der Waals surface area contributed by atoms with Crippen LogP contribution in [0.15, 0.2) is 71.9 Å². The lowest BCUT2D eigenvalue weighted by Gasteiger charge is -2.34. The highest BCUT2D eigenvalue weighted by Gasteiger charge is 2.37. The van der Waals surface area contributed by atoms with E-state index in [0.717, 1.165) is 35.7 Å². The Balaban J connectivity index is 1.27. The van der Waals surface area contributed by atoms with E-state index in [1.165, 1.54) is 4.31 Å². The van der Waals surface area contributed by atoms with Crippen molar-refractivity contribution in [2.24, 2.45) is 5.92 Å². The standard InChI is InChI=1S/C25H27N3O3S/c29-25(28-14-4-8-24(28)22-7-3-13-26-18-22)20-11-15-27(16-12-20)32(30,31)23-10-9-19-5-1-2-6-21(19)17-23/h1-3,5-7,9-10,13,17-18,20,24H,4,8,11-12,14-16H2. The molecule has 2 fully saturated rings. The van der Waals surface area contributed by atoms with Gasteiger partial charge < -0.3 is 4.90 Å². The minimum absolute atomic E-state index is 0.0792. The van der Waals surface area contributed by atoms with E-state index in [2.05, 4.69) is 4.98 Å². The highest BCUT2D eigenvalue weighted by Crippen LogP contribution is 2.35. The quantitative estimate of drug-likeness (QED) is 0.604. The zero-order valence-corrected chi connectivity index (χ0v) is 18.7. The van der Waals surface area contributed by atoms with Crippen molar-refractivity contribution >= 4 is 26.7 Å². The number of hydrogen-bond acceptors (Lipinski definition) is 4. The van der Waals surface area contributed by atoms with Crippen molar-refractivity contribution in [1.82, 2.24) is 14.2 Å². The lowest BCUT2D eigenvalue weighted by molar-refractivity contribution is -0.137. The third-order valence-electron chi connectivity index (χ3n) is 6.77. The number of sulfonamides is 1. The molecule has 3 heterocycles. The Morgan fingerprint density at radius 2 is 1.69 bits per heavy atom. The second-order valence-electron chi connectivity index (χ2n) is 8.66. The van der Waals surface area contributed by atoms with E-state index in [1.807, 2.05) is 53.6 Å². The molecule has 1 unspecified atom stereocenters. The Kier molecular flexibility index (Phi) is 5.69. The summed E-state index contributed by atoms with van der Waals surface area (Å²) >= 11 is 0. The molecule has 0 aliphatic carbocycles. The third kappa shape index (κ3) is 3.91. The summed E-state index contributed by atoms with van der Waals surface area (Å²) in [5.41, 5.74) is 1.08. The van der Waals surface area contributed by atoms with Gasteiger partial charge in [0.25, 0.3) is 0 Å². The van der Waals surface area contributed by atoms with Crippen LogP contribution in [-0.4, -0.2) is 48.1 Å². The SMILES string of the molecule is O=C(C1CCN(S(=O)(=O)c2ccc3ccccc3c2)CC1)N1CCCC1c1cccnc1. The van der Waals surface area contributed by atoms with Gasteiger partial charge in [0.05, 0.1) is 10.9 Å². The summed E-state index contributed by atoms with van der Waals surface area (Å²) in [6.07, 6.45) is 6.64. The normalized spacial score (nSPS) is 20.6. The average molecular weight is 450 g/mol. The van der Waals surface area contributed by atoms with Gasteiger partial charge in [-0.2, -0.15) is 4.31 Å². The van der Waals surface area contributed by atoms with Crippen LogP contribution >= 0.6 is 0 Å². The summed E-state index contributed by atoms with van der Waals surface area (Å²) in [6, 6.07) is 17.0. The molecule has 3 aromatic rings. The molecule has 1 aromatic heterocycles. The molecular formula is C25H27N3O3S. The lowest BCUT2D eigenvalue weighted by atomic mass is 9.95. The maximum atomic E-state index is 13.3. The molecule has 32 heavy (non-hydrogen) atoms. The van der Waals surface area contributed by atoms with Gasteiger partial charge in [0.1, 0.15) is 0 Å². The van der Waals surface area contributed by atoms with Crippen molar-refractivity contribution in [2.45, 2.75) is 36.6 Å². The Morgan fingerprint density at radius 1 is 0.906 bits per heavy atom. The molecule has 7 heteroatoms. The van der Waals surface area contributed by atoms with Gasteiger partial charge in [0.2, 0.25) is 15.9 Å². The number of hydrogen-bond donors (Lipinski definition) is 0. The first-order valence-corrected chi connectivity index (χ1v) is 12.7. The number of piperidine rings is 1. The van der Waals surface area contributed by atoms with Crippen molar-refractivity contribution < 1.29 is 13.2 Å². The smallest absolute Gasteiger partial charge is 0.243 e. The molecule has 2 saturated heterocycles. The monoisotopic (exact) mass is 449 g/mol. The summed E-state index contributed by atoms with van der Waals surface area (Å²) in [5.74, 6) is 0.0226. The summed E-state index contributed by atoms with van der Waals surface area (Å²) < 4.78 is 28.0. The number of likely N-dealkylation sites (tertiary alicyclic amines) is 1. The van der Waals surface area contributed by atoms with Gasteiger partial charge in [0, 0.05) is 37.9 Å². The first kappa shape index (κ1) is 21.1. The van der Waals surface area contributed by atoms with Crippen LogP contribution in [0.25, 0.3) is 10.8 Å². The molecule has 2 aromatic carbocycles. The predicted molar refractivity (Wildman–Crippen MR) is 123 cm³/mol. The van der Waals surface area contributed by atoms with E-state index in [0.29, 0.717) is 30.8 Å². The highest BCUT2D eigenvalue weighted by molar-refractivity contribution is 7.89. The molecule has 0 N–H and O–H groups in total. The zero-order valence-electron chi connectivity index (χ0n) is 17.9. The summed E-state index contributed by atoms with van der Waals surface area (Å²) in [4.78, 5) is 19.8. The molecule has 0 saturated carbocycles. The number of benzene rings is 2. The van der Waals surface area contributed by atoms with E-state index in [1.54, 1.807) is 18.3 Å². The van der Waals surface area contributed by atoms with Crippen LogP contribution in [-0.2, 0) is 14.8 Å². The van der Waals surface area contributed by atoms with Gasteiger partial charge in [-0.3, -0.25) is 9.78 Å². The van der Waals surface area contributed by atoms with Crippen molar-refractivity contribution in [3.05, 3.63) is 72.6 Å². The summed E-state index contributed by atoms with van der Waals surface area (Å²) in [5, 5.41) is 1.93. The minimum Gasteiger partial charge on any atom is -0.335 e. The number of rotatable bonds is 4. The molecule has 5 rings (SSSR count). The van der Waals surface area contributed by atoms with Gasteiger partial charge in [-0.25, -0.2) is 8.42 Å². The van der Waals surface area contributed by atoms with E-state index < -0.39 is 10.0 Å². The maximum Gasteiger partial charge on any atom is 0.243 e. The zero-order chi connectivity index (χ0) is 22.1. The van der Waals surface area contributed by atoms with Gasteiger partial charge in [-0.15, -0.1) is 0 Å². The largest absolute Gasteiger partial charge is 0.335 e.